The van der Waals surface area contributed by atoms with E-state index in [1.54, 1.807) is 0 Å². The molecule has 1 aromatic carbocycles. The SMILES string of the molecule is CC(C)Oc1ccc(CNCCCC2CCCC2)cc1. The van der Waals surface area contributed by atoms with Gasteiger partial charge < -0.3 is 10.1 Å². The van der Waals surface area contributed by atoms with Crippen molar-refractivity contribution in [2.75, 3.05) is 6.54 Å². The van der Waals surface area contributed by atoms with Gasteiger partial charge in [-0.3, -0.25) is 0 Å². The van der Waals surface area contributed by atoms with Gasteiger partial charge in [-0.25, -0.2) is 0 Å². The van der Waals surface area contributed by atoms with Crippen molar-refractivity contribution in [3.05, 3.63) is 29.8 Å². The van der Waals surface area contributed by atoms with Crippen LogP contribution in [0, 0.1) is 5.92 Å². The highest BCUT2D eigenvalue weighted by molar-refractivity contribution is 5.27. The molecule has 0 saturated heterocycles. The third-order valence-corrected chi connectivity index (χ3v) is 4.06. The van der Waals surface area contributed by atoms with E-state index in [4.69, 9.17) is 4.74 Å². The summed E-state index contributed by atoms with van der Waals surface area (Å²) in [7, 11) is 0. The van der Waals surface area contributed by atoms with Crippen LogP contribution in [0.3, 0.4) is 0 Å². The van der Waals surface area contributed by atoms with Crippen LogP contribution in [0.25, 0.3) is 0 Å². The zero-order chi connectivity index (χ0) is 14.2. The first-order valence-electron chi connectivity index (χ1n) is 8.20. The van der Waals surface area contributed by atoms with E-state index in [0.29, 0.717) is 0 Å². The Morgan fingerprint density at radius 1 is 1.15 bits per heavy atom. The van der Waals surface area contributed by atoms with E-state index in [1.165, 1.54) is 44.1 Å². The van der Waals surface area contributed by atoms with Crippen molar-refractivity contribution in [3.8, 4) is 5.75 Å². The van der Waals surface area contributed by atoms with Gasteiger partial charge in [-0.1, -0.05) is 37.8 Å². The number of hydrogen-bond acceptors (Lipinski definition) is 2. The van der Waals surface area contributed by atoms with Crippen LogP contribution in [-0.2, 0) is 6.54 Å². The van der Waals surface area contributed by atoms with Crippen LogP contribution < -0.4 is 10.1 Å². The average molecular weight is 275 g/mol. The molecule has 2 rings (SSSR count). The van der Waals surface area contributed by atoms with E-state index < -0.39 is 0 Å². The molecule has 0 amide bonds. The lowest BCUT2D eigenvalue weighted by atomic mass is 10.0. The minimum absolute atomic E-state index is 0.245. The second kappa shape index (κ2) is 8.31. The third kappa shape index (κ3) is 5.54. The molecule has 2 heteroatoms. The lowest BCUT2D eigenvalue weighted by molar-refractivity contribution is 0.242. The zero-order valence-electron chi connectivity index (χ0n) is 13.0. The summed E-state index contributed by atoms with van der Waals surface area (Å²) in [6.45, 7) is 6.22. The molecule has 2 nitrogen and oxygen atoms in total. The van der Waals surface area contributed by atoms with Crippen molar-refractivity contribution in [1.82, 2.24) is 5.32 Å². The third-order valence-electron chi connectivity index (χ3n) is 4.06. The molecule has 20 heavy (non-hydrogen) atoms. The van der Waals surface area contributed by atoms with Gasteiger partial charge in [-0.15, -0.1) is 0 Å². The normalized spacial score (nSPS) is 15.9. The highest BCUT2D eigenvalue weighted by Crippen LogP contribution is 2.28. The van der Waals surface area contributed by atoms with Crippen LogP contribution in [-0.4, -0.2) is 12.6 Å². The highest BCUT2D eigenvalue weighted by atomic mass is 16.5. The second-order valence-corrected chi connectivity index (χ2v) is 6.28. The fraction of sp³-hybridized carbons (Fsp3) is 0.667. The first kappa shape index (κ1) is 15.4. The Morgan fingerprint density at radius 3 is 2.50 bits per heavy atom. The quantitative estimate of drug-likeness (QED) is 0.704. The summed E-state index contributed by atoms with van der Waals surface area (Å²) in [6.07, 6.45) is 8.84. The summed E-state index contributed by atoms with van der Waals surface area (Å²) in [4.78, 5) is 0. The molecule has 1 aliphatic rings. The monoisotopic (exact) mass is 275 g/mol. The Hall–Kier alpha value is -1.02. The second-order valence-electron chi connectivity index (χ2n) is 6.28. The maximum absolute atomic E-state index is 5.65. The summed E-state index contributed by atoms with van der Waals surface area (Å²) < 4.78 is 5.65. The lowest BCUT2D eigenvalue weighted by Crippen LogP contribution is -2.15. The van der Waals surface area contributed by atoms with E-state index in [-0.39, 0.29) is 6.10 Å². The van der Waals surface area contributed by atoms with Crippen molar-refractivity contribution >= 4 is 0 Å². The fourth-order valence-corrected chi connectivity index (χ4v) is 3.01. The molecule has 0 spiro atoms. The van der Waals surface area contributed by atoms with Crippen molar-refractivity contribution in [3.63, 3.8) is 0 Å². The molecule has 1 N–H and O–H groups in total. The first-order chi connectivity index (χ1) is 9.74. The summed E-state index contributed by atoms with van der Waals surface area (Å²) in [5, 5.41) is 3.55. The van der Waals surface area contributed by atoms with Crippen molar-refractivity contribution < 1.29 is 4.74 Å². The molecular weight excluding hydrogens is 246 g/mol. The molecule has 1 aliphatic carbocycles. The summed E-state index contributed by atoms with van der Waals surface area (Å²) in [5.74, 6) is 1.98. The summed E-state index contributed by atoms with van der Waals surface area (Å²) in [5.41, 5.74) is 1.34. The molecule has 0 atom stereocenters. The molecule has 0 bridgehead atoms. The van der Waals surface area contributed by atoms with Gasteiger partial charge in [-0.2, -0.15) is 0 Å². The standard InChI is InChI=1S/C18H29NO/c1-15(2)20-18-11-9-17(10-12-18)14-19-13-5-8-16-6-3-4-7-16/h9-12,15-16,19H,3-8,13-14H2,1-2H3. The predicted molar refractivity (Wildman–Crippen MR) is 85.1 cm³/mol. The molecule has 1 aromatic rings. The lowest BCUT2D eigenvalue weighted by Gasteiger charge is -2.11. The van der Waals surface area contributed by atoms with Crippen LogP contribution >= 0.6 is 0 Å². The largest absolute Gasteiger partial charge is 0.491 e. The van der Waals surface area contributed by atoms with Gasteiger partial charge >= 0.3 is 0 Å². The Labute approximate surface area is 123 Å². The van der Waals surface area contributed by atoms with Crippen molar-refractivity contribution in [2.45, 2.75) is 65.0 Å². The van der Waals surface area contributed by atoms with Crippen LogP contribution in [0.1, 0.15) is 57.9 Å². The van der Waals surface area contributed by atoms with E-state index >= 15 is 0 Å². The molecule has 0 heterocycles. The Kier molecular flexibility index (Phi) is 6.38. The summed E-state index contributed by atoms with van der Waals surface area (Å²) >= 11 is 0. The van der Waals surface area contributed by atoms with Gasteiger partial charge in [0.15, 0.2) is 0 Å². The van der Waals surface area contributed by atoms with E-state index in [2.05, 4.69) is 43.4 Å². The van der Waals surface area contributed by atoms with E-state index in [1.807, 2.05) is 0 Å². The molecule has 0 unspecified atom stereocenters. The maximum atomic E-state index is 5.65. The smallest absolute Gasteiger partial charge is 0.119 e. The van der Waals surface area contributed by atoms with Gasteiger partial charge in [-0.05, 0) is 56.8 Å². The molecule has 1 fully saturated rings. The van der Waals surface area contributed by atoms with Gasteiger partial charge in [0.25, 0.3) is 0 Å². The maximum Gasteiger partial charge on any atom is 0.119 e. The Balaban J connectivity index is 1.58. The minimum atomic E-state index is 0.245. The van der Waals surface area contributed by atoms with Crippen molar-refractivity contribution in [2.24, 2.45) is 5.92 Å². The Bertz CT molecular complexity index is 366. The van der Waals surface area contributed by atoms with Crippen molar-refractivity contribution in [1.29, 1.82) is 0 Å². The van der Waals surface area contributed by atoms with Crippen LogP contribution in [0.2, 0.25) is 0 Å². The van der Waals surface area contributed by atoms with Gasteiger partial charge in [0.05, 0.1) is 6.10 Å². The fourth-order valence-electron chi connectivity index (χ4n) is 3.01. The zero-order valence-corrected chi connectivity index (χ0v) is 13.0. The topological polar surface area (TPSA) is 21.3 Å². The molecule has 1 saturated carbocycles. The van der Waals surface area contributed by atoms with Gasteiger partial charge in [0.1, 0.15) is 5.75 Å². The number of hydrogen-bond donors (Lipinski definition) is 1. The Morgan fingerprint density at radius 2 is 1.85 bits per heavy atom. The molecule has 0 radical (unpaired) electrons. The molecule has 0 aromatic heterocycles. The van der Waals surface area contributed by atoms with Crippen LogP contribution in [0.15, 0.2) is 24.3 Å². The molecule has 0 aliphatic heterocycles. The number of ether oxygens (including phenoxy) is 1. The minimum Gasteiger partial charge on any atom is -0.491 e. The number of nitrogens with one attached hydrogen (secondary N) is 1. The average Bonchev–Trinajstić information content (AvgIpc) is 2.93. The van der Waals surface area contributed by atoms with Crippen LogP contribution in [0.5, 0.6) is 5.75 Å². The molecule has 112 valence electrons. The first-order valence-corrected chi connectivity index (χ1v) is 8.20. The number of rotatable bonds is 8. The molecular formula is C18H29NO. The summed E-state index contributed by atoms with van der Waals surface area (Å²) in [6, 6.07) is 8.44. The highest BCUT2D eigenvalue weighted by Gasteiger charge is 2.13. The van der Waals surface area contributed by atoms with E-state index in [9.17, 15) is 0 Å². The predicted octanol–water partition coefficient (Wildman–Crippen LogP) is 4.53. The van der Waals surface area contributed by atoms with Crippen LogP contribution in [0.4, 0.5) is 0 Å². The van der Waals surface area contributed by atoms with Gasteiger partial charge in [0.2, 0.25) is 0 Å². The number of benzene rings is 1. The van der Waals surface area contributed by atoms with Gasteiger partial charge in [0, 0.05) is 6.54 Å². The van der Waals surface area contributed by atoms with E-state index in [0.717, 1.165) is 24.8 Å².